The molecule has 1 aromatic heterocycles. The predicted octanol–water partition coefficient (Wildman–Crippen LogP) is 2.21. The molecule has 0 saturated heterocycles. The molecule has 0 amide bonds. The van der Waals surface area contributed by atoms with E-state index in [2.05, 4.69) is 16.4 Å². The normalized spacial score (nSPS) is 14.2. The van der Waals surface area contributed by atoms with Gasteiger partial charge in [-0.05, 0) is 29.3 Å². The van der Waals surface area contributed by atoms with E-state index in [-0.39, 0.29) is 0 Å². The van der Waals surface area contributed by atoms with Crippen LogP contribution in [-0.2, 0) is 6.54 Å². The minimum Gasteiger partial charge on any atom is -0.486 e. The average molecular weight is 281 g/mol. The standard InChI is InChI=1S/C16H15N3O2/c17-9-14(19-11-12-2-1-5-18-10-12)13-3-4-15-16(8-13)21-7-6-20-15/h1-5,8,10,14,19H,6-7,11H2. The number of benzene rings is 1. The van der Waals surface area contributed by atoms with Crippen LogP contribution in [0.15, 0.2) is 42.7 Å². The van der Waals surface area contributed by atoms with Gasteiger partial charge in [0.05, 0.1) is 6.07 Å². The minimum absolute atomic E-state index is 0.402. The Morgan fingerprint density at radius 1 is 1.24 bits per heavy atom. The zero-order chi connectivity index (χ0) is 14.5. The van der Waals surface area contributed by atoms with Crippen LogP contribution in [0.25, 0.3) is 0 Å². The molecule has 0 spiro atoms. The molecule has 5 nitrogen and oxygen atoms in total. The number of aromatic nitrogens is 1. The number of hydrogen-bond acceptors (Lipinski definition) is 5. The molecule has 1 aromatic carbocycles. The lowest BCUT2D eigenvalue weighted by molar-refractivity contribution is 0.171. The van der Waals surface area contributed by atoms with E-state index < -0.39 is 6.04 Å². The third-order valence-electron chi connectivity index (χ3n) is 3.26. The van der Waals surface area contributed by atoms with E-state index in [4.69, 9.17) is 9.47 Å². The van der Waals surface area contributed by atoms with Gasteiger partial charge >= 0.3 is 0 Å². The van der Waals surface area contributed by atoms with E-state index in [0.717, 1.165) is 16.9 Å². The van der Waals surface area contributed by atoms with Crippen molar-refractivity contribution < 1.29 is 9.47 Å². The van der Waals surface area contributed by atoms with Gasteiger partial charge < -0.3 is 9.47 Å². The Morgan fingerprint density at radius 3 is 2.86 bits per heavy atom. The molecule has 0 saturated carbocycles. The molecule has 1 unspecified atom stereocenters. The van der Waals surface area contributed by atoms with Gasteiger partial charge in [0.15, 0.2) is 11.5 Å². The summed E-state index contributed by atoms with van der Waals surface area (Å²) in [5, 5.41) is 12.6. The van der Waals surface area contributed by atoms with Crippen LogP contribution in [-0.4, -0.2) is 18.2 Å². The van der Waals surface area contributed by atoms with Gasteiger partial charge in [0.2, 0.25) is 0 Å². The number of rotatable bonds is 4. The summed E-state index contributed by atoms with van der Waals surface area (Å²) in [4.78, 5) is 4.06. The molecule has 106 valence electrons. The number of nitrogens with zero attached hydrogens (tertiary/aromatic N) is 2. The molecule has 3 rings (SSSR count). The van der Waals surface area contributed by atoms with Gasteiger partial charge in [-0.3, -0.25) is 10.3 Å². The maximum atomic E-state index is 9.36. The second kappa shape index (κ2) is 6.25. The molecule has 5 heteroatoms. The first-order chi connectivity index (χ1) is 10.4. The van der Waals surface area contributed by atoms with Crippen molar-refractivity contribution in [1.82, 2.24) is 10.3 Å². The van der Waals surface area contributed by atoms with Gasteiger partial charge in [-0.15, -0.1) is 0 Å². The molecule has 2 heterocycles. The molecule has 0 aliphatic carbocycles. The molecule has 1 aliphatic rings. The second-order valence-corrected chi connectivity index (χ2v) is 4.71. The van der Waals surface area contributed by atoms with E-state index >= 15 is 0 Å². The lowest BCUT2D eigenvalue weighted by Gasteiger charge is -2.20. The predicted molar refractivity (Wildman–Crippen MR) is 76.9 cm³/mol. The van der Waals surface area contributed by atoms with E-state index in [1.54, 1.807) is 12.4 Å². The largest absolute Gasteiger partial charge is 0.486 e. The van der Waals surface area contributed by atoms with Crippen LogP contribution in [0.1, 0.15) is 17.2 Å². The molecule has 0 radical (unpaired) electrons. The van der Waals surface area contributed by atoms with E-state index in [0.29, 0.717) is 25.5 Å². The van der Waals surface area contributed by atoms with Crippen LogP contribution >= 0.6 is 0 Å². The zero-order valence-corrected chi connectivity index (χ0v) is 11.5. The van der Waals surface area contributed by atoms with Crippen molar-refractivity contribution in [3.63, 3.8) is 0 Å². The fraction of sp³-hybridized carbons (Fsp3) is 0.250. The summed E-state index contributed by atoms with van der Waals surface area (Å²) in [6.07, 6.45) is 3.51. The van der Waals surface area contributed by atoms with Crippen molar-refractivity contribution in [1.29, 1.82) is 5.26 Å². The number of hydrogen-bond donors (Lipinski definition) is 1. The van der Waals surface area contributed by atoms with Crippen LogP contribution in [0.2, 0.25) is 0 Å². The lowest BCUT2D eigenvalue weighted by atomic mass is 10.1. The summed E-state index contributed by atoms with van der Waals surface area (Å²) >= 11 is 0. The van der Waals surface area contributed by atoms with Gasteiger partial charge in [0.1, 0.15) is 19.3 Å². The van der Waals surface area contributed by atoms with Gasteiger partial charge in [-0.1, -0.05) is 12.1 Å². The third kappa shape index (κ3) is 3.12. The first kappa shape index (κ1) is 13.4. The highest BCUT2D eigenvalue weighted by atomic mass is 16.6. The van der Waals surface area contributed by atoms with Gasteiger partial charge in [-0.25, -0.2) is 0 Å². The summed E-state index contributed by atoms with van der Waals surface area (Å²) in [5.74, 6) is 1.43. The Hall–Kier alpha value is -2.58. The Labute approximate surface area is 123 Å². The van der Waals surface area contributed by atoms with Crippen molar-refractivity contribution in [3.05, 3.63) is 53.9 Å². The lowest BCUT2D eigenvalue weighted by Crippen LogP contribution is -2.20. The van der Waals surface area contributed by atoms with Crippen molar-refractivity contribution in [2.75, 3.05) is 13.2 Å². The summed E-state index contributed by atoms with van der Waals surface area (Å²) in [5.41, 5.74) is 1.90. The summed E-state index contributed by atoms with van der Waals surface area (Å²) in [7, 11) is 0. The number of ether oxygens (including phenoxy) is 2. The van der Waals surface area contributed by atoms with Crippen LogP contribution in [0.5, 0.6) is 11.5 Å². The fourth-order valence-corrected chi connectivity index (χ4v) is 2.20. The SMILES string of the molecule is N#CC(NCc1cccnc1)c1ccc2c(c1)OCCO2. The average Bonchev–Trinajstić information content (AvgIpc) is 2.56. The molecule has 1 atom stereocenters. The molecular weight excluding hydrogens is 266 g/mol. The Morgan fingerprint density at radius 2 is 2.10 bits per heavy atom. The van der Waals surface area contributed by atoms with E-state index in [9.17, 15) is 5.26 Å². The van der Waals surface area contributed by atoms with Gasteiger partial charge in [0.25, 0.3) is 0 Å². The fourth-order valence-electron chi connectivity index (χ4n) is 2.20. The van der Waals surface area contributed by atoms with Crippen LogP contribution in [0, 0.1) is 11.3 Å². The second-order valence-electron chi connectivity index (χ2n) is 4.71. The Kier molecular flexibility index (Phi) is 3.99. The van der Waals surface area contributed by atoms with Gasteiger partial charge in [-0.2, -0.15) is 5.26 Å². The van der Waals surface area contributed by atoms with Crippen molar-refractivity contribution in [2.45, 2.75) is 12.6 Å². The van der Waals surface area contributed by atoms with E-state index in [1.165, 1.54) is 0 Å². The monoisotopic (exact) mass is 281 g/mol. The number of nitrogens with one attached hydrogen (secondary N) is 1. The van der Waals surface area contributed by atoms with Crippen molar-refractivity contribution in [2.24, 2.45) is 0 Å². The number of pyridine rings is 1. The van der Waals surface area contributed by atoms with Crippen LogP contribution in [0.3, 0.4) is 0 Å². The van der Waals surface area contributed by atoms with E-state index in [1.807, 2.05) is 30.3 Å². The smallest absolute Gasteiger partial charge is 0.161 e. The Bertz CT molecular complexity index is 652. The van der Waals surface area contributed by atoms with Crippen molar-refractivity contribution >= 4 is 0 Å². The van der Waals surface area contributed by atoms with Crippen LogP contribution < -0.4 is 14.8 Å². The molecule has 21 heavy (non-hydrogen) atoms. The minimum atomic E-state index is -0.402. The highest BCUT2D eigenvalue weighted by Gasteiger charge is 2.16. The first-order valence-electron chi connectivity index (χ1n) is 6.78. The maximum absolute atomic E-state index is 9.36. The molecular formula is C16H15N3O2. The van der Waals surface area contributed by atoms with Gasteiger partial charge in [0, 0.05) is 18.9 Å². The summed E-state index contributed by atoms with van der Waals surface area (Å²) in [6, 6.07) is 11.3. The highest BCUT2D eigenvalue weighted by molar-refractivity contribution is 5.45. The molecule has 1 aliphatic heterocycles. The molecule has 2 aromatic rings. The van der Waals surface area contributed by atoms with Crippen LogP contribution in [0.4, 0.5) is 0 Å². The quantitative estimate of drug-likeness (QED) is 0.930. The van der Waals surface area contributed by atoms with Crippen molar-refractivity contribution in [3.8, 4) is 17.6 Å². The molecule has 0 fully saturated rings. The summed E-state index contributed by atoms with van der Waals surface area (Å²) in [6.45, 7) is 1.69. The maximum Gasteiger partial charge on any atom is 0.161 e. The topological polar surface area (TPSA) is 67.2 Å². The molecule has 1 N–H and O–H groups in total. The summed E-state index contributed by atoms with van der Waals surface area (Å²) < 4.78 is 11.0. The number of nitriles is 1. The number of fused-ring (bicyclic) bond motifs is 1. The highest BCUT2D eigenvalue weighted by Crippen LogP contribution is 2.32. The third-order valence-corrected chi connectivity index (χ3v) is 3.26. The zero-order valence-electron chi connectivity index (χ0n) is 11.5. The molecule has 0 bridgehead atoms. The Balaban J connectivity index is 1.73. The first-order valence-corrected chi connectivity index (χ1v) is 6.78.